The Kier molecular flexibility index (Phi) is 2.88. The van der Waals surface area contributed by atoms with E-state index < -0.39 is 23.3 Å². The molecule has 0 radical (unpaired) electrons. The molecule has 0 aliphatic heterocycles. The average Bonchev–Trinajstić information content (AvgIpc) is 2.30. The summed E-state index contributed by atoms with van der Waals surface area (Å²) < 4.78 is 52.6. The van der Waals surface area contributed by atoms with Gasteiger partial charge in [-0.2, -0.15) is 0 Å². The van der Waals surface area contributed by atoms with E-state index in [0.717, 1.165) is 12.1 Å². The number of hydrogen-bond donors (Lipinski definition) is 0. The number of aryl methyl sites for hydroxylation is 1. The third kappa shape index (κ3) is 2.02. The van der Waals surface area contributed by atoms with Crippen molar-refractivity contribution in [3.63, 3.8) is 0 Å². The van der Waals surface area contributed by atoms with Crippen molar-refractivity contribution < 1.29 is 17.6 Å². The Bertz CT molecular complexity index is 576. The highest BCUT2D eigenvalue weighted by atomic mass is 19.2. The van der Waals surface area contributed by atoms with E-state index in [1.165, 1.54) is 25.1 Å². The first kappa shape index (κ1) is 11.6. The van der Waals surface area contributed by atoms with Crippen molar-refractivity contribution in [2.24, 2.45) is 0 Å². The quantitative estimate of drug-likeness (QED) is 0.655. The molecule has 0 saturated carbocycles. The van der Waals surface area contributed by atoms with Crippen molar-refractivity contribution in [1.29, 1.82) is 0 Å². The number of rotatable bonds is 1. The van der Waals surface area contributed by atoms with E-state index in [4.69, 9.17) is 0 Å². The summed E-state index contributed by atoms with van der Waals surface area (Å²) in [6.07, 6.45) is 0. The first-order valence-electron chi connectivity index (χ1n) is 4.90. The lowest BCUT2D eigenvalue weighted by Crippen LogP contribution is -1.94. The molecule has 0 atom stereocenters. The molecule has 0 heterocycles. The highest BCUT2D eigenvalue weighted by molar-refractivity contribution is 5.64. The minimum atomic E-state index is -1.09. The van der Waals surface area contributed by atoms with Crippen molar-refractivity contribution in [3.8, 4) is 11.1 Å². The first-order valence-corrected chi connectivity index (χ1v) is 4.90. The monoisotopic (exact) mass is 240 g/mol. The molecule has 0 unspecified atom stereocenters. The number of halogens is 4. The minimum absolute atomic E-state index is 0.0907. The second-order valence-corrected chi connectivity index (χ2v) is 3.69. The Labute approximate surface area is 95.5 Å². The topological polar surface area (TPSA) is 0 Å². The van der Waals surface area contributed by atoms with Crippen LogP contribution >= 0.6 is 0 Å². The summed E-state index contributed by atoms with van der Waals surface area (Å²) in [5.41, 5.74) is 0.168. The van der Waals surface area contributed by atoms with Gasteiger partial charge >= 0.3 is 0 Å². The Balaban J connectivity index is 2.61. The van der Waals surface area contributed by atoms with Crippen LogP contribution in [0.4, 0.5) is 17.6 Å². The van der Waals surface area contributed by atoms with Gasteiger partial charge in [0.1, 0.15) is 0 Å². The molecule has 0 N–H and O–H groups in total. The Hall–Kier alpha value is -1.84. The van der Waals surface area contributed by atoms with E-state index in [2.05, 4.69) is 0 Å². The zero-order valence-corrected chi connectivity index (χ0v) is 8.90. The van der Waals surface area contributed by atoms with Gasteiger partial charge in [-0.25, -0.2) is 17.6 Å². The zero-order valence-electron chi connectivity index (χ0n) is 8.90. The molecule has 0 fully saturated rings. The summed E-state index contributed by atoms with van der Waals surface area (Å²) in [4.78, 5) is 0. The van der Waals surface area contributed by atoms with Crippen LogP contribution < -0.4 is 0 Å². The molecule has 0 nitrogen and oxygen atoms in total. The lowest BCUT2D eigenvalue weighted by Gasteiger charge is -2.06. The maximum atomic E-state index is 13.6. The third-order valence-electron chi connectivity index (χ3n) is 2.51. The van der Waals surface area contributed by atoms with Gasteiger partial charge in [-0.05, 0) is 30.2 Å². The van der Waals surface area contributed by atoms with Crippen LogP contribution in [0.5, 0.6) is 0 Å². The van der Waals surface area contributed by atoms with Gasteiger partial charge in [-0.15, -0.1) is 0 Å². The van der Waals surface area contributed by atoms with Gasteiger partial charge in [0.05, 0.1) is 0 Å². The largest absolute Gasteiger partial charge is 0.204 e. The lowest BCUT2D eigenvalue weighted by atomic mass is 10.0. The molecule has 2 aromatic rings. The molecule has 2 rings (SSSR count). The summed E-state index contributed by atoms with van der Waals surface area (Å²) in [5.74, 6) is -4.16. The van der Waals surface area contributed by atoms with Crippen LogP contribution in [0, 0.1) is 30.2 Å². The molecule has 88 valence electrons. The molecule has 0 aliphatic carbocycles. The molecular weight excluding hydrogens is 232 g/mol. The van der Waals surface area contributed by atoms with E-state index in [0.29, 0.717) is 0 Å². The predicted octanol–water partition coefficient (Wildman–Crippen LogP) is 4.22. The van der Waals surface area contributed by atoms with Gasteiger partial charge in [0.2, 0.25) is 0 Å². The van der Waals surface area contributed by atoms with Crippen LogP contribution in [0.2, 0.25) is 0 Å². The summed E-state index contributed by atoms with van der Waals surface area (Å²) >= 11 is 0. The van der Waals surface area contributed by atoms with Crippen molar-refractivity contribution >= 4 is 0 Å². The molecule has 2 aromatic carbocycles. The minimum Gasteiger partial charge on any atom is -0.204 e. The summed E-state index contributed by atoms with van der Waals surface area (Å²) in [7, 11) is 0. The highest BCUT2D eigenvalue weighted by Crippen LogP contribution is 2.27. The molecule has 0 aliphatic rings. The molecule has 0 saturated heterocycles. The molecule has 0 bridgehead atoms. The van der Waals surface area contributed by atoms with E-state index in [1.54, 1.807) is 0 Å². The second-order valence-electron chi connectivity index (χ2n) is 3.69. The maximum absolute atomic E-state index is 13.6. The molecule has 17 heavy (non-hydrogen) atoms. The Morgan fingerprint density at radius 3 is 2.12 bits per heavy atom. The van der Waals surface area contributed by atoms with Crippen LogP contribution in [0.1, 0.15) is 5.56 Å². The molecule has 0 amide bonds. The van der Waals surface area contributed by atoms with Gasteiger partial charge in [0, 0.05) is 5.56 Å². The zero-order chi connectivity index (χ0) is 12.6. The third-order valence-corrected chi connectivity index (χ3v) is 2.51. The summed E-state index contributed by atoms with van der Waals surface area (Å²) in [6.45, 7) is 1.42. The van der Waals surface area contributed by atoms with E-state index in [1.807, 2.05) is 0 Å². The van der Waals surface area contributed by atoms with E-state index in [-0.39, 0.29) is 16.7 Å². The van der Waals surface area contributed by atoms with Crippen LogP contribution in [0.25, 0.3) is 11.1 Å². The van der Waals surface area contributed by atoms with Gasteiger partial charge in [0.15, 0.2) is 23.3 Å². The van der Waals surface area contributed by atoms with E-state index in [9.17, 15) is 17.6 Å². The Morgan fingerprint density at radius 1 is 0.765 bits per heavy atom. The maximum Gasteiger partial charge on any atom is 0.166 e. The van der Waals surface area contributed by atoms with Crippen LogP contribution in [-0.2, 0) is 0 Å². The normalized spacial score (nSPS) is 10.6. The SMILES string of the molecule is Cc1ccc(-c2ccc(F)c(F)c2)c(F)c1F. The summed E-state index contributed by atoms with van der Waals surface area (Å²) in [6, 6.07) is 5.63. The van der Waals surface area contributed by atoms with Crippen molar-refractivity contribution in [2.75, 3.05) is 0 Å². The highest BCUT2D eigenvalue weighted by Gasteiger charge is 2.13. The Morgan fingerprint density at radius 2 is 1.47 bits per heavy atom. The molecular formula is C13H8F4. The van der Waals surface area contributed by atoms with Gasteiger partial charge in [0.25, 0.3) is 0 Å². The predicted molar refractivity (Wildman–Crippen MR) is 56.4 cm³/mol. The van der Waals surface area contributed by atoms with Crippen molar-refractivity contribution in [1.82, 2.24) is 0 Å². The molecule has 0 spiro atoms. The van der Waals surface area contributed by atoms with Gasteiger partial charge in [-0.1, -0.05) is 18.2 Å². The number of hydrogen-bond acceptors (Lipinski definition) is 0. The fourth-order valence-electron chi connectivity index (χ4n) is 1.53. The number of benzene rings is 2. The lowest BCUT2D eigenvalue weighted by molar-refractivity contribution is 0.503. The first-order chi connectivity index (χ1) is 8.00. The van der Waals surface area contributed by atoms with Crippen molar-refractivity contribution in [3.05, 3.63) is 59.2 Å². The smallest absolute Gasteiger partial charge is 0.166 e. The van der Waals surface area contributed by atoms with Gasteiger partial charge < -0.3 is 0 Å². The van der Waals surface area contributed by atoms with Crippen molar-refractivity contribution in [2.45, 2.75) is 6.92 Å². The van der Waals surface area contributed by atoms with Gasteiger partial charge in [-0.3, -0.25) is 0 Å². The van der Waals surface area contributed by atoms with Crippen LogP contribution in [0.3, 0.4) is 0 Å². The van der Waals surface area contributed by atoms with E-state index >= 15 is 0 Å². The summed E-state index contributed by atoms with van der Waals surface area (Å²) in [5, 5.41) is 0. The fraction of sp³-hybridized carbons (Fsp3) is 0.0769. The fourth-order valence-corrected chi connectivity index (χ4v) is 1.53. The van der Waals surface area contributed by atoms with Crippen LogP contribution in [0.15, 0.2) is 30.3 Å². The second kappa shape index (κ2) is 4.20. The standard InChI is InChI=1S/C13H8F4/c1-7-2-4-9(13(17)12(7)16)8-3-5-10(14)11(15)6-8/h2-6H,1H3. The average molecular weight is 240 g/mol. The molecule has 0 aromatic heterocycles. The molecule has 4 heteroatoms. The van der Waals surface area contributed by atoms with Crippen LogP contribution in [-0.4, -0.2) is 0 Å².